The first-order chi connectivity index (χ1) is 9.70. The van der Waals surface area contributed by atoms with Crippen LogP contribution in [0.15, 0.2) is 24.3 Å². The van der Waals surface area contributed by atoms with E-state index in [1.165, 1.54) is 24.3 Å². The molecule has 0 aliphatic carbocycles. The summed E-state index contributed by atoms with van der Waals surface area (Å²) >= 11 is 0. The molecule has 7 nitrogen and oxygen atoms in total. The number of aromatic carboxylic acids is 1. The summed E-state index contributed by atoms with van der Waals surface area (Å²) < 4.78 is 49.4. The number of carboxylic acid groups (broad SMARTS) is 1. The van der Waals surface area contributed by atoms with E-state index >= 15 is 0 Å². The lowest BCUT2D eigenvalue weighted by atomic mass is 10.2. The van der Waals surface area contributed by atoms with Crippen LogP contribution in [0.2, 0.25) is 0 Å². The van der Waals surface area contributed by atoms with E-state index in [-0.39, 0.29) is 35.6 Å². The fourth-order valence-electron chi connectivity index (χ4n) is 2.14. The van der Waals surface area contributed by atoms with E-state index in [1.807, 2.05) is 0 Å². The van der Waals surface area contributed by atoms with E-state index in [0.29, 0.717) is 0 Å². The van der Waals surface area contributed by atoms with Gasteiger partial charge in [0.2, 0.25) is 10.0 Å². The van der Waals surface area contributed by atoms with Crippen molar-refractivity contribution in [2.24, 2.45) is 0 Å². The Bertz CT molecular complexity index is 740. The van der Waals surface area contributed by atoms with Crippen LogP contribution < -0.4 is 4.72 Å². The molecule has 0 spiro atoms. The molecule has 0 radical (unpaired) electrons. The van der Waals surface area contributed by atoms with Gasteiger partial charge in [0, 0.05) is 5.69 Å². The third-order valence-corrected chi connectivity index (χ3v) is 6.89. The van der Waals surface area contributed by atoms with Crippen molar-refractivity contribution in [3.05, 3.63) is 29.8 Å². The zero-order chi connectivity index (χ0) is 15.7. The Balaban J connectivity index is 2.15. The fraction of sp³-hybridized carbons (Fsp3) is 0.417. The van der Waals surface area contributed by atoms with Crippen LogP contribution in [0.5, 0.6) is 0 Å². The highest BCUT2D eigenvalue weighted by molar-refractivity contribution is 7.94. The molecule has 1 aromatic carbocycles. The molecule has 0 unspecified atom stereocenters. The molecule has 1 heterocycles. The second-order valence-electron chi connectivity index (χ2n) is 4.88. The lowest BCUT2D eigenvalue weighted by Gasteiger charge is -2.22. The fourth-order valence-corrected chi connectivity index (χ4v) is 5.41. The SMILES string of the molecule is O=C(O)c1cccc(NS(=O)(=O)C2CCS(=O)(=O)CC2)c1. The van der Waals surface area contributed by atoms with Gasteiger partial charge in [0.15, 0.2) is 0 Å². The Morgan fingerprint density at radius 1 is 1.24 bits per heavy atom. The van der Waals surface area contributed by atoms with Crippen LogP contribution in [0.4, 0.5) is 5.69 Å². The van der Waals surface area contributed by atoms with Crippen molar-refractivity contribution in [1.29, 1.82) is 0 Å². The smallest absolute Gasteiger partial charge is 0.335 e. The summed E-state index contributed by atoms with van der Waals surface area (Å²) in [5, 5.41) is 8.09. The van der Waals surface area contributed by atoms with Crippen LogP contribution in [0.1, 0.15) is 23.2 Å². The number of carboxylic acids is 1. The Morgan fingerprint density at radius 3 is 2.43 bits per heavy atom. The summed E-state index contributed by atoms with van der Waals surface area (Å²) in [7, 11) is -6.87. The van der Waals surface area contributed by atoms with Gasteiger partial charge in [0.05, 0.1) is 22.3 Å². The summed E-state index contributed by atoms with van der Waals surface area (Å²) in [5.74, 6) is -1.44. The first-order valence-corrected chi connectivity index (χ1v) is 9.62. The number of sulfonamides is 1. The van der Waals surface area contributed by atoms with Crippen LogP contribution in [-0.2, 0) is 19.9 Å². The lowest BCUT2D eigenvalue weighted by Crippen LogP contribution is -2.36. The van der Waals surface area contributed by atoms with Gasteiger partial charge in [-0.2, -0.15) is 0 Å². The van der Waals surface area contributed by atoms with Crippen molar-refractivity contribution in [1.82, 2.24) is 0 Å². The van der Waals surface area contributed by atoms with Crippen LogP contribution in [0.3, 0.4) is 0 Å². The number of anilines is 1. The van der Waals surface area contributed by atoms with Gasteiger partial charge in [-0.15, -0.1) is 0 Å². The molecular weight excluding hydrogens is 318 g/mol. The minimum Gasteiger partial charge on any atom is -0.478 e. The maximum Gasteiger partial charge on any atom is 0.335 e. The van der Waals surface area contributed by atoms with Crippen molar-refractivity contribution in [2.75, 3.05) is 16.2 Å². The predicted octanol–water partition coefficient (Wildman–Crippen LogP) is 0.704. The molecule has 0 bridgehead atoms. The zero-order valence-electron chi connectivity index (χ0n) is 11.0. The number of benzene rings is 1. The van der Waals surface area contributed by atoms with Crippen LogP contribution >= 0.6 is 0 Å². The molecule has 2 N–H and O–H groups in total. The molecule has 0 saturated carbocycles. The molecule has 1 aliphatic heterocycles. The first kappa shape index (κ1) is 15.8. The highest BCUT2D eigenvalue weighted by atomic mass is 32.2. The highest BCUT2D eigenvalue weighted by Crippen LogP contribution is 2.22. The lowest BCUT2D eigenvalue weighted by molar-refractivity contribution is 0.0697. The number of rotatable bonds is 4. The average molecular weight is 333 g/mol. The second kappa shape index (κ2) is 5.64. The number of hydrogen-bond donors (Lipinski definition) is 2. The number of carbonyl (C=O) groups is 1. The molecule has 0 amide bonds. The highest BCUT2D eigenvalue weighted by Gasteiger charge is 2.32. The topological polar surface area (TPSA) is 118 Å². The van der Waals surface area contributed by atoms with Crippen LogP contribution in [0.25, 0.3) is 0 Å². The van der Waals surface area contributed by atoms with Gasteiger partial charge < -0.3 is 5.11 Å². The Kier molecular flexibility index (Phi) is 4.24. The van der Waals surface area contributed by atoms with E-state index in [0.717, 1.165) is 0 Å². The van der Waals surface area contributed by atoms with Crippen molar-refractivity contribution in [3.63, 3.8) is 0 Å². The summed E-state index contributed by atoms with van der Waals surface area (Å²) in [5.41, 5.74) is 0.129. The zero-order valence-corrected chi connectivity index (χ0v) is 12.7. The van der Waals surface area contributed by atoms with E-state index in [1.54, 1.807) is 0 Å². The Morgan fingerprint density at radius 2 is 1.86 bits per heavy atom. The van der Waals surface area contributed by atoms with Crippen LogP contribution in [0, 0.1) is 0 Å². The largest absolute Gasteiger partial charge is 0.478 e. The van der Waals surface area contributed by atoms with E-state index < -0.39 is 31.1 Å². The normalized spacial score (nSPS) is 19.0. The molecule has 1 saturated heterocycles. The average Bonchev–Trinajstić information content (AvgIpc) is 2.37. The molecule has 1 aliphatic rings. The summed E-state index contributed by atoms with van der Waals surface area (Å²) in [4.78, 5) is 10.8. The summed E-state index contributed by atoms with van der Waals surface area (Å²) in [6, 6.07) is 5.46. The Hall–Kier alpha value is -1.61. The standard InChI is InChI=1S/C12H15NO6S2/c14-12(15)9-2-1-3-10(8-9)13-21(18,19)11-4-6-20(16,17)7-5-11/h1-3,8,11,13H,4-7H2,(H,14,15). The van der Waals surface area contributed by atoms with E-state index in [9.17, 15) is 21.6 Å². The van der Waals surface area contributed by atoms with Gasteiger partial charge in [0.25, 0.3) is 0 Å². The predicted molar refractivity (Wildman–Crippen MR) is 77.6 cm³/mol. The Labute approximate surface area is 123 Å². The second-order valence-corrected chi connectivity index (χ2v) is 9.15. The molecule has 1 fully saturated rings. The summed E-state index contributed by atoms with van der Waals surface area (Å²) in [6.45, 7) is 0. The third-order valence-electron chi connectivity index (χ3n) is 3.31. The third kappa shape index (κ3) is 3.94. The monoisotopic (exact) mass is 333 g/mol. The van der Waals surface area contributed by atoms with Crippen molar-refractivity contribution >= 4 is 31.5 Å². The molecule has 116 valence electrons. The molecule has 21 heavy (non-hydrogen) atoms. The van der Waals surface area contributed by atoms with Gasteiger partial charge in [0.1, 0.15) is 9.84 Å². The van der Waals surface area contributed by atoms with Gasteiger partial charge in [-0.1, -0.05) is 6.07 Å². The maximum atomic E-state index is 12.2. The van der Waals surface area contributed by atoms with Crippen molar-refractivity contribution in [3.8, 4) is 0 Å². The number of hydrogen-bond acceptors (Lipinski definition) is 5. The quantitative estimate of drug-likeness (QED) is 0.837. The molecule has 9 heteroatoms. The van der Waals surface area contributed by atoms with Crippen LogP contribution in [-0.4, -0.2) is 44.7 Å². The van der Waals surface area contributed by atoms with Gasteiger partial charge in [-0.25, -0.2) is 21.6 Å². The first-order valence-electron chi connectivity index (χ1n) is 6.25. The minimum absolute atomic E-state index is 0.0265. The van der Waals surface area contributed by atoms with Gasteiger partial charge >= 0.3 is 5.97 Å². The molecular formula is C12H15NO6S2. The molecule has 0 aromatic heterocycles. The maximum absolute atomic E-state index is 12.2. The molecule has 0 atom stereocenters. The summed E-state index contributed by atoms with van der Waals surface area (Å²) in [6.07, 6.45) is 0.104. The van der Waals surface area contributed by atoms with Gasteiger partial charge in [-0.05, 0) is 31.0 Å². The van der Waals surface area contributed by atoms with Crippen molar-refractivity contribution < 1.29 is 26.7 Å². The van der Waals surface area contributed by atoms with E-state index in [2.05, 4.69) is 4.72 Å². The van der Waals surface area contributed by atoms with Gasteiger partial charge in [-0.3, -0.25) is 4.72 Å². The molecule has 1 aromatic rings. The number of sulfone groups is 1. The number of nitrogens with one attached hydrogen (secondary N) is 1. The van der Waals surface area contributed by atoms with Crippen molar-refractivity contribution in [2.45, 2.75) is 18.1 Å². The van der Waals surface area contributed by atoms with E-state index in [4.69, 9.17) is 5.11 Å². The molecule has 2 rings (SSSR count). The minimum atomic E-state index is -3.74.